The van der Waals surface area contributed by atoms with Crippen LogP contribution in [0.3, 0.4) is 0 Å². The molecule has 10 nitrogen and oxygen atoms in total. The number of hydrogen-bond donors (Lipinski definition) is 2. The van der Waals surface area contributed by atoms with E-state index in [2.05, 4.69) is 5.43 Å². The first-order valence-electron chi connectivity index (χ1n) is 5.38. The van der Waals surface area contributed by atoms with Crippen LogP contribution in [0.1, 0.15) is 13.3 Å². The molecule has 0 aromatic heterocycles. The molecule has 0 bridgehead atoms. The molecule has 0 heterocycles. The normalized spacial score (nSPS) is 9.65. The predicted molar refractivity (Wildman–Crippen MR) is 66.8 cm³/mol. The fraction of sp³-hybridized carbons (Fsp3) is 0.200. The van der Waals surface area contributed by atoms with Gasteiger partial charge in [0.25, 0.3) is 5.69 Å². The van der Waals surface area contributed by atoms with Crippen molar-refractivity contribution < 1.29 is 19.4 Å². The minimum atomic E-state index is -0.958. The highest BCUT2D eigenvalue weighted by Crippen LogP contribution is 2.28. The van der Waals surface area contributed by atoms with Gasteiger partial charge in [0.2, 0.25) is 5.78 Å². The summed E-state index contributed by atoms with van der Waals surface area (Å²) in [7, 11) is 0. The first-order valence-corrected chi connectivity index (χ1v) is 5.38. The first-order chi connectivity index (χ1) is 9.36. The van der Waals surface area contributed by atoms with Gasteiger partial charge in [0.05, 0.1) is 15.9 Å². The van der Waals surface area contributed by atoms with Crippen LogP contribution in [0.15, 0.2) is 18.2 Å². The van der Waals surface area contributed by atoms with Crippen LogP contribution in [0.2, 0.25) is 0 Å². The van der Waals surface area contributed by atoms with E-state index in [9.17, 15) is 29.8 Å². The smallest absolute Gasteiger partial charge is 0.292 e. The molecule has 1 aromatic rings. The molecule has 10 heteroatoms. The van der Waals surface area contributed by atoms with E-state index < -0.39 is 32.9 Å². The highest BCUT2D eigenvalue weighted by Gasteiger charge is 2.20. The number of amides is 1. The molecular weight excluding hydrogens is 272 g/mol. The lowest BCUT2D eigenvalue weighted by Crippen LogP contribution is -2.35. The van der Waals surface area contributed by atoms with Crippen molar-refractivity contribution in [3.05, 3.63) is 38.4 Å². The number of nitro benzene ring substituents is 2. The van der Waals surface area contributed by atoms with Gasteiger partial charge in [-0.25, -0.2) is 0 Å². The topological polar surface area (TPSA) is 144 Å². The first kappa shape index (κ1) is 15.0. The van der Waals surface area contributed by atoms with E-state index in [1.807, 2.05) is 5.43 Å². The second kappa shape index (κ2) is 6.22. The van der Waals surface area contributed by atoms with Gasteiger partial charge < -0.3 is 0 Å². The van der Waals surface area contributed by atoms with Crippen molar-refractivity contribution in [2.75, 3.05) is 5.43 Å². The number of Topliss-reactive ketones (excluding diaryl/α,β-unsaturated/α-hetero) is 1. The maximum Gasteiger partial charge on any atom is 0.305 e. The number of hydrazine groups is 1. The van der Waals surface area contributed by atoms with E-state index >= 15 is 0 Å². The van der Waals surface area contributed by atoms with Gasteiger partial charge in [0, 0.05) is 12.5 Å². The van der Waals surface area contributed by atoms with E-state index in [1.54, 1.807) is 0 Å². The number of hydrogen-bond acceptors (Lipinski definition) is 7. The Hall–Kier alpha value is -3.04. The number of carbonyl (C=O) groups is 2. The number of benzene rings is 1. The Kier molecular flexibility index (Phi) is 4.67. The number of rotatable bonds is 6. The van der Waals surface area contributed by atoms with Gasteiger partial charge in [-0.2, -0.15) is 0 Å². The molecule has 0 saturated heterocycles. The number of nitrogens with zero attached hydrogens (tertiary/aromatic N) is 2. The average Bonchev–Trinajstić information content (AvgIpc) is 2.43. The molecule has 1 aromatic carbocycles. The monoisotopic (exact) mass is 282 g/mol. The average molecular weight is 282 g/mol. The molecule has 0 aliphatic heterocycles. The molecule has 0 saturated carbocycles. The third-order valence-electron chi connectivity index (χ3n) is 2.27. The van der Waals surface area contributed by atoms with Crippen LogP contribution >= 0.6 is 0 Å². The predicted octanol–water partition coefficient (Wildman–Crippen LogP) is 0.925. The maximum atomic E-state index is 11.2. The molecule has 20 heavy (non-hydrogen) atoms. The minimum Gasteiger partial charge on any atom is -0.292 e. The van der Waals surface area contributed by atoms with Gasteiger partial charge in [0.15, 0.2) is 0 Å². The molecule has 0 atom stereocenters. The molecule has 0 fully saturated rings. The SMILES string of the molecule is CCC(=O)C(=O)NNc1ccc([N+](=O)[O-])cc1[N+](=O)[O-]. The number of ketones is 1. The van der Waals surface area contributed by atoms with Gasteiger partial charge in [-0.15, -0.1) is 0 Å². The summed E-state index contributed by atoms with van der Waals surface area (Å²) >= 11 is 0. The largest absolute Gasteiger partial charge is 0.305 e. The summed E-state index contributed by atoms with van der Waals surface area (Å²) in [5, 5.41) is 21.3. The molecular formula is C10H10N4O6. The summed E-state index contributed by atoms with van der Waals surface area (Å²) in [5.74, 6) is -1.66. The van der Waals surface area contributed by atoms with Crippen LogP contribution in [0.4, 0.5) is 17.1 Å². The Bertz CT molecular complexity index is 585. The molecule has 1 amide bonds. The van der Waals surface area contributed by atoms with Crippen LogP contribution < -0.4 is 10.9 Å². The van der Waals surface area contributed by atoms with Gasteiger partial charge in [-0.3, -0.25) is 40.7 Å². The molecule has 0 radical (unpaired) electrons. The Balaban J connectivity index is 2.95. The molecule has 0 unspecified atom stereocenters. The molecule has 0 aliphatic rings. The lowest BCUT2D eigenvalue weighted by atomic mass is 10.2. The van der Waals surface area contributed by atoms with E-state index in [0.717, 1.165) is 18.2 Å². The molecule has 1 rings (SSSR count). The second-order valence-corrected chi connectivity index (χ2v) is 3.57. The molecule has 106 valence electrons. The highest BCUT2D eigenvalue weighted by molar-refractivity contribution is 6.36. The van der Waals surface area contributed by atoms with Gasteiger partial charge in [-0.1, -0.05) is 6.92 Å². The number of anilines is 1. The van der Waals surface area contributed by atoms with Crippen LogP contribution in [0, 0.1) is 20.2 Å². The van der Waals surface area contributed by atoms with E-state index in [-0.39, 0.29) is 12.1 Å². The van der Waals surface area contributed by atoms with Gasteiger partial charge in [0.1, 0.15) is 5.69 Å². The summed E-state index contributed by atoms with van der Waals surface area (Å²) in [5.41, 5.74) is 2.95. The Morgan fingerprint density at radius 1 is 1.20 bits per heavy atom. The fourth-order valence-corrected chi connectivity index (χ4v) is 1.24. The molecule has 0 spiro atoms. The summed E-state index contributed by atoms with van der Waals surface area (Å²) in [6.07, 6.45) is -0.0180. The quantitative estimate of drug-likeness (QED) is 0.448. The summed E-state index contributed by atoms with van der Waals surface area (Å²) in [6.45, 7) is 1.48. The van der Waals surface area contributed by atoms with Gasteiger partial charge >= 0.3 is 11.6 Å². The zero-order valence-electron chi connectivity index (χ0n) is 10.3. The van der Waals surface area contributed by atoms with Crippen LogP contribution in [-0.4, -0.2) is 21.5 Å². The van der Waals surface area contributed by atoms with Crippen molar-refractivity contribution in [1.29, 1.82) is 0 Å². The van der Waals surface area contributed by atoms with Crippen molar-refractivity contribution in [3.63, 3.8) is 0 Å². The van der Waals surface area contributed by atoms with Crippen molar-refractivity contribution in [2.45, 2.75) is 13.3 Å². The Morgan fingerprint density at radius 3 is 2.35 bits per heavy atom. The second-order valence-electron chi connectivity index (χ2n) is 3.57. The summed E-state index contributed by atoms with van der Waals surface area (Å²) in [6, 6.07) is 2.84. The number of non-ortho nitro benzene ring substituents is 1. The van der Waals surface area contributed by atoms with Crippen molar-refractivity contribution >= 4 is 28.8 Å². The van der Waals surface area contributed by atoms with Crippen LogP contribution in [0.25, 0.3) is 0 Å². The van der Waals surface area contributed by atoms with Gasteiger partial charge in [-0.05, 0) is 6.07 Å². The van der Waals surface area contributed by atoms with Crippen molar-refractivity contribution in [2.24, 2.45) is 0 Å². The third-order valence-corrected chi connectivity index (χ3v) is 2.27. The molecule has 0 aliphatic carbocycles. The highest BCUT2D eigenvalue weighted by atomic mass is 16.6. The third kappa shape index (κ3) is 3.48. The lowest BCUT2D eigenvalue weighted by Gasteiger charge is -2.07. The fourth-order valence-electron chi connectivity index (χ4n) is 1.24. The maximum absolute atomic E-state index is 11.2. The van der Waals surface area contributed by atoms with Crippen molar-refractivity contribution in [1.82, 2.24) is 5.43 Å². The number of carbonyl (C=O) groups excluding carboxylic acids is 2. The number of nitro groups is 2. The zero-order chi connectivity index (χ0) is 15.3. The van der Waals surface area contributed by atoms with E-state index in [1.165, 1.54) is 6.92 Å². The zero-order valence-corrected chi connectivity index (χ0v) is 10.3. The Labute approximate surface area is 112 Å². The minimum absolute atomic E-state index is 0.0180. The molecule has 2 N–H and O–H groups in total. The van der Waals surface area contributed by atoms with Crippen LogP contribution in [0.5, 0.6) is 0 Å². The summed E-state index contributed by atoms with van der Waals surface area (Å²) < 4.78 is 0. The van der Waals surface area contributed by atoms with E-state index in [4.69, 9.17) is 0 Å². The van der Waals surface area contributed by atoms with E-state index in [0.29, 0.717) is 0 Å². The Morgan fingerprint density at radius 2 is 1.85 bits per heavy atom. The van der Waals surface area contributed by atoms with Crippen LogP contribution in [-0.2, 0) is 9.59 Å². The van der Waals surface area contributed by atoms with Crippen molar-refractivity contribution in [3.8, 4) is 0 Å². The summed E-state index contributed by atoms with van der Waals surface area (Å²) in [4.78, 5) is 41.9. The standard InChI is InChI=1S/C10H10N4O6/c1-2-9(15)10(16)12-11-7-4-3-6(13(17)18)5-8(7)14(19)20/h3-5,11H,2H2,1H3,(H,12,16). The lowest BCUT2D eigenvalue weighted by molar-refractivity contribution is -0.393. The number of nitrogens with one attached hydrogen (secondary N) is 2.